The van der Waals surface area contributed by atoms with Crippen molar-refractivity contribution >= 4 is 22.6 Å². The quantitative estimate of drug-likeness (QED) is 0.375. The number of ether oxygens (including phenoxy) is 1. The molecule has 0 fully saturated rings. The standard InChI is InChI=1S/C14H13FN4O3/c1-3-19-7-9(14(21)22-4-2)13(20)8-5-10(15)11(17-18-16)6-12(8)19/h5-7H,3-4H2,1-2H3. The van der Waals surface area contributed by atoms with Crippen LogP contribution in [-0.4, -0.2) is 17.1 Å². The Balaban J connectivity index is 2.83. The van der Waals surface area contributed by atoms with E-state index in [9.17, 15) is 14.0 Å². The van der Waals surface area contributed by atoms with E-state index in [2.05, 4.69) is 10.0 Å². The molecule has 1 heterocycles. The van der Waals surface area contributed by atoms with E-state index in [1.54, 1.807) is 18.4 Å². The Kier molecular flexibility index (Phi) is 4.43. The minimum atomic E-state index is -0.828. The molecule has 8 heteroatoms. The van der Waals surface area contributed by atoms with Crippen molar-refractivity contribution in [1.29, 1.82) is 0 Å². The highest BCUT2D eigenvalue weighted by Gasteiger charge is 2.17. The Hall–Kier alpha value is -2.86. The molecule has 0 radical (unpaired) electrons. The van der Waals surface area contributed by atoms with E-state index in [0.29, 0.717) is 12.1 Å². The summed E-state index contributed by atoms with van der Waals surface area (Å²) in [7, 11) is 0. The lowest BCUT2D eigenvalue weighted by Crippen LogP contribution is -2.20. The molecule has 0 amide bonds. The second kappa shape index (κ2) is 6.28. The Bertz CT molecular complexity index is 853. The molecule has 0 aliphatic heterocycles. The van der Waals surface area contributed by atoms with Crippen molar-refractivity contribution < 1.29 is 13.9 Å². The third-order valence-corrected chi connectivity index (χ3v) is 3.14. The third kappa shape index (κ3) is 2.64. The van der Waals surface area contributed by atoms with Gasteiger partial charge in [0.25, 0.3) is 0 Å². The van der Waals surface area contributed by atoms with Gasteiger partial charge in [-0.15, -0.1) is 0 Å². The Morgan fingerprint density at radius 3 is 2.77 bits per heavy atom. The molecular weight excluding hydrogens is 291 g/mol. The van der Waals surface area contributed by atoms with Crippen LogP contribution in [0.1, 0.15) is 24.2 Å². The van der Waals surface area contributed by atoms with Crippen molar-refractivity contribution in [3.05, 3.63) is 50.4 Å². The number of fused-ring (bicyclic) bond motifs is 1. The monoisotopic (exact) mass is 304 g/mol. The van der Waals surface area contributed by atoms with Crippen molar-refractivity contribution in [2.75, 3.05) is 6.61 Å². The summed E-state index contributed by atoms with van der Waals surface area (Å²) in [5.74, 6) is -1.58. The summed E-state index contributed by atoms with van der Waals surface area (Å²) < 4.78 is 20.3. The predicted octanol–water partition coefficient (Wildman–Crippen LogP) is 3.28. The summed E-state index contributed by atoms with van der Waals surface area (Å²) in [4.78, 5) is 26.7. The minimum Gasteiger partial charge on any atom is -0.462 e. The molecule has 1 aromatic heterocycles. The highest BCUT2D eigenvalue weighted by atomic mass is 19.1. The molecule has 0 bridgehead atoms. The van der Waals surface area contributed by atoms with Crippen molar-refractivity contribution in [3.63, 3.8) is 0 Å². The summed E-state index contributed by atoms with van der Waals surface area (Å²) in [6, 6.07) is 2.25. The number of halogens is 1. The first-order chi connectivity index (χ1) is 10.5. The van der Waals surface area contributed by atoms with E-state index in [-0.39, 0.29) is 23.2 Å². The van der Waals surface area contributed by atoms with E-state index in [4.69, 9.17) is 10.3 Å². The number of pyridine rings is 1. The number of rotatable bonds is 4. The van der Waals surface area contributed by atoms with Gasteiger partial charge >= 0.3 is 5.97 Å². The van der Waals surface area contributed by atoms with Crippen LogP contribution < -0.4 is 5.43 Å². The van der Waals surface area contributed by atoms with E-state index in [1.165, 1.54) is 12.3 Å². The van der Waals surface area contributed by atoms with Crippen molar-refractivity contribution in [2.45, 2.75) is 20.4 Å². The molecule has 1 aromatic carbocycles. The van der Waals surface area contributed by atoms with Crippen LogP contribution in [0, 0.1) is 5.82 Å². The van der Waals surface area contributed by atoms with Crippen LogP contribution in [0.5, 0.6) is 0 Å². The molecule has 0 saturated heterocycles. The number of nitrogens with zero attached hydrogens (tertiary/aromatic N) is 4. The van der Waals surface area contributed by atoms with E-state index >= 15 is 0 Å². The molecule has 0 saturated carbocycles. The normalized spacial score (nSPS) is 10.3. The second-order valence-electron chi connectivity index (χ2n) is 4.39. The summed E-state index contributed by atoms with van der Waals surface area (Å²) in [6.45, 7) is 4.00. The first-order valence-corrected chi connectivity index (χ1v) is 6.62. The minimum absolute atomic E-state index is 0.0294. The smallest absolute Gasteiger partial charge is 0.343 e. The van der Waals surface area contributed by atoms with Gasteiger partial charge in [0, 0.05) is 23.0 Å². The summed E-state index contributed by atoms with van der Waals surface area (Å²) in [5.41, 5.74) is 7.83. The SMILES string of the molecule is CCOC(=O)c1cn(CC)c2cc(N=[N+]=[N-])c(F)cc2c1=O. The number of hydrogen-bond acceptors (Lipinski definition) is 4. The topological polar surface area (TPSA) is 97.1 Å². The van der Waals surface area contributed by atoms with Crippen molar-refractivity contribution in [1.82, 2.24) is 4.57 Å². The van der Waals surface area contributed by atoms with Gasteiger partial charge in [-0.1, -0.05) is 5.11 Å². The summed E-state index contributed by atoms with van der Waals surface area (Å²) >= 11 is 0. The van der Waals surface area contributed by atoms with Crippen LogP contribution in [0.25, 0.3) is 21.3 Å². The Labute approximate surface area is 124 Å². The number of carbonyl (C=O) groups excluding carboxylic acids is 1. The highest BCUT2D eigenvalue weighted by Crippen LogP contribution is 2.24. The van der Waals surface area contributed by atoms with Crippen LogP contribution >= 0.6 is 0 Å². The lowest BCUT2D eigenvalue weighted by molar-refractivity contribution is 0.0524. The average molecular weight is 304 g/mol. The number of benzene rings is 1. The molecule has 114 valence electrons. The van der Waals surface area contributed by atoms with Crippen LogP contribution in [0.2, 0.25) is 0 Å². The first-order valence-electron chi connectivity index (χ1n) is 6.62. The fraction of sp³-hybridized carbons (Fsp3) is 0.286. The number of esters is 1. The van der Waals surface area contributed by atoms with E-state index < -0.39 is 17.2 Å². The molecule has 0 N–H and O–H groups in total. The fourth-order valence-electron chi connectivity index (χ4n) is 2.14. The molecule has 0 spiro atoms. The van der Waals surface area contributed by atoms with Crippen LogP contribution in [-0.2, 0) is 11.3 Å². The maximum absolute atomic E-state index is 13.9. The molecule has 2 aromatic rings. The van der Waals surface area contributed by atoms with Gasteiger partial charge in [-0.2, -0.15) is 0 Å². The van der Waals surface area contributed by atoms with Gasteiger partial charge < -0.3 is 9.30 Å². The van der Waals surface area contributed by atoms with Crippen LogP contribution in [0.4, 0.5) is 10.1 Å². The van der Waals surface area contributed by atoms with Crippen LogP contribution in [0.15, 0.2) is 28.2 Å². The van der Waals surface area contributed by atoms with Gasteiger partial charge in [0.05, 0.1) is 17.8 Å². The Morgan fingerprint density at radius 1 is 1.45 bits per heavy atom. The molecule has 7 nitrogen and oxygen atoms in total. The molecule has 22 heavy (non-hydrogen) atoms. The second-order valence-corrected chi connectivity index (χ2v) is 4.39. The van der Waals surface area contributed by atoms with E-state index in [1.807, 2.05) is 0 Å². The van der Waals surface area contributed by atoms with Gasteiger partial charge in [0.15, 0.2) is 0 Å². The number of azide groups is 1. The zero-order valence-corrected chi connectivity index (χ0v) is 12.0. The number of aryl methyl sites for hydroxylation is 1. The number of carbonyl (C=O) groups is 1. The molecule has 0 aliphatic rings. The maximum Gasteiger partial charge on any atom is 0.343 e. The van der Waals surface area contributed by atoms with Gasteiger partial charge in [-0.05, 0) is 31.5 Å². The number of aromatic nitrogens is 1. The molecule has 0 unspecified atom stereocenters. The van der Waals surface area contributed by atoms with Gasteiger partial charge in [-0.3, -0.25) is 4.79 Å². The highest BCUT2D eigenvalue weighted by molar-refractivity contribution is 5.94. The zero-order chi connectivity index (χ0) is 16.3. The predicted molar refractivity (Wildman–Crippen MR) is 78.6 cm³/mol. The van der Waals surface area contributed by atoms with Crippen LogP contribution in [0.3, 0.4) is 0 Å². The average Bonchev–Trinajstić information content (AvgIpc) is 2.50. The number of hydrogen-bond donors (Lipinski definition) is 0. The van der Waals surface area contributed by atoms with E-state index in [0.717, 1.165) is 6.07 Å². The maximum atomic E-state index is 13.9. The lowest BCUT2D eigenvalue weighted by atomic mass is 10.1. The summed E-state index contributed by atoms with van der Waals surface area (Å²) in [6.07, 6.45) is 1.36. The summed E-state index contributed by atoms with van der Waals surface area (Å²) in [5, 5.41) is 3.28. The molecule has 0 atom stereocenters. The Morgan fingerprint density at radius 2 is 2.18 bits per heavy atom. The fourth-order valence-corrected chi connectivity index (χ4v) is 2.14. The third-order valence-electron chi connectivity index (χ3n) is 3.14. The largest absolute Gasteiger partial charge is 0.462 e. The molecular formula is C14H13FN4O3. The lowest BCUT2D eigenvalue weighted by Gasteiger charge is -2.12. The molecule has 0 aliphatic carbocycles. The van der Waals surface area contributed by atoms with Crippen molar-refractivity contribution in [2.24, 2.45) is 5.11 Å². The zero-order valence-electron chi connectivity index (χ0n) is 12.0. The first kappa shape index (κ1) is 15.5. The van der Waals surface area contributed by atoms with Gasteiger partial charge in [0.1, 0.15) is 11.4 Å². The van der Waals surface area contributed by atoms with Crippen molar-refractivity contribution in [3.8, 4) is 0 Å². The molecule has 2 rings (SSSR count). The van der Waals surface area contributed by atoms with Gasteiger partial charge in [-0.25, -0.2) is 9.18 Å². The van der Waals surface area contributed by atoms with Gasteiger partial charge in [0.2, 0.25) is 5.43 Å².